The predicted molar refractivity (Wildman–Crippen MR) is 128 cm³/mol. The highest BCUT2D eigenvalue weighted by Gasteiger charge is 2.42. The number of benzene rings is 1. The van der Waals surface area contributed by atoms with Gasteiger partial charge in [0.2, 0.25) is 10.0 Å². The van der Waals surface area contributed by atoms with Crippen molar-refractivity contribution in [2.75, 3.05) is 45.6 Å². The average molecular weight is 504 g/mol. The molecule has 2 saturated carbocycles. The fourth-order valence-electron chi connectivity index (χ4n) is 5.17. The van der Waals surface area contributed by atoms with Crippen molar-refractivity contribution in [3.63, 3.8) is 0 Å². The van der Waals surface area contributed by atoms with Crippen molar-refractivity contribution in [2.45, 2.75) is 50.5 Å². The van der Waals surface area contributed by atoms with Gasteiger partial charge >= 0.3 is 0 Å². The number of piperazine rings is 1. The van der Waals surface area contributed by atoms with Gasteiger partial charge in [-0.2, -0.15) is 4.31 Å². The van der Waals surface area contributed by atoms with E-state index in [1.807, 2.05) is 0 Å². The first-order valence-corrected chi connectivity index (χ1v) is 13.3. The van der Waals surface area contributed by atoms with Gasteiger partial charge in [0, 0.05) is 38.3 Å². The first-order chi connectivity index (χ1) is 15.3. The predicted octanol–water partition coefficient (Wildman–Crippen LogP) is 3.05. The highest BCUT2D eigenvalue weighted by molar-refractivity contribution is 7.89. The van der Waals surface area contributed by atoms with E-state index in [9.17, 15) is 17.6 Å². The molecule has 0 atom stereocenters. The molecule has 1 saturated heterocycles. The number of nitrogens with one attached hydrogen (secondary N) is 1. The molecule has 3 aliphatic rings. The molecule has 0 radical (unpaired) electrons. The molecule has 7 nitrogen and oxygen atoms in total. The minimum atomic E-state index is -3.19. The van der Waals surface area contributed by atoms with Gasteiger partial charge in [0.25, 0.3) is 5.91 Å². The van der Waals surface area contributed by atoms with Gasteiger partial charge in [-0.15, -0.1) is 12.4 Å². The minimum absolute atomic E-state index is 0. The lowest BCUT2D eigenvalue weighted by atomic mass is 9.79. The van der Waals surface area contributed by atoms with Crippen molar-refractivity contribution in [3.05, 3.63) is 29.6 Å². The van der Waals surface area contributed by atoms with Gasteiger partial charge in [-0.1, -0.05) is 25.3 Å². The molecule has 1 heterocycles. The van der Waals surface area contributed by atoms with Crippen LogP contribution in [0.25, 0.3) is 0 Å². The number of carbonyl (C=O) groups is 1. The van der Waals surface area contributed by atoms with E-state index >= 15 is 0 Å². The SMILES string of the molecule is COc1cccc(F)c1C(=O)NCC1(N2CCN(S(=O)(=O)CC3CC3)CC2)CCCCC1.Cl. The van der Waals surface area contributed by atoms with Crippen LogP contribution in [0.15, 0.2) is 18.2 Å². The van der Waals surface area contributed by atoms with Crippen LogP contribution in [0.4, 0.5) is 4.39 Å². The van der Waals surface area contributed by atoms with Gasteiger partial charge < -0.3 is 10.1 Å². The Bertz CT molecular complexity index is 928. The molecule has 1 amide bonds. The van der Waals surface area contributed by atoms with E-state index in [4.69, 9.17) is 4.74 Å². The van der Waals surface area contributed by atoms with Crippen LogP contribution in [-0.2, 0) is 10.0 Å². The van der Waals surface area contributed by atoms with Crippen LogP contribution in [0, 0.1) is 11.7 Å². The highest BCUT2D eigenvalue weighted by Crippen LogP contribution is 2.35. The maximum Gasteiger partial charge on any atom is 0.258 e. The second-order valence-corrected chi connectivity index (χ2v) is 11.4. The number of amides is 1. The molecule has 0 unspecified atom stereocenters. The number of sulfonamides is 1. The van der Waals surface area contributed by atoms with E-state index in [1.165, 1.54) is 19.2 Å². The molecule has 4 rings (SSSR count). The monoisotopic (exact) mass is 503 g/mol. The summed E-state index contributed by atoms with van der Waals surface area (Å²) in [6, 6.07) is 4.36. The van der Waals surface area contributed by atoms with Crippen LogP contribution >= 0.6 is 12.4 Å². The molecule has 1 aliphatic heterocycles. The Morgan fingerprint density at radius 3 is 2.42 bits per heavy atom. The lowest BCUT2D eigenvalue weighted by molar-refractivity contribution is 0.0239. The van der Waals surface area contributed by atoms with Gasteiger partial charge in [-0.05, 0) is 43.7 Å². The van der Waals surface area contributed by atoms with Gasteiger partial charge in [-0.25, -0.2) is 12.8 Å². The molecule has 10 heteroatoms. The van der Waals surface area contributed by atoms with Gasteiger partial charge in [0.1, 0.15) is 17.1 Å². The van der Waals surface area contributed by atoms with E-state index in [0.29, 0.717) is 38.6 Å². The summed E-state index contributed by atoms with van der Waals surface area (Å²) in [6.07, 6.45) is 7.22. The van der Waals surface area contributed by atoms with Crippen LogP contribution in [0.1, 0.15) is 55.3 Å². The largest absolute Gasteiger partial charge is 0.496 e. The van der Waals surface area contributed by atoms with Crippen LogP contribution in [0.5, 0.6) is 5.75 Å². The summed E-state index contributed by atoms with van der Waals surface area (Å²) in [7, 11) is -1.77. The minimum Gasteiger partial charge on any atom is -0.496 e. The smallest absolute Gasteiger partial charge is 0.258 e. The van der Waals surface area contributed by atoms with Crippen molar-refractivity contribution >= 4 is 28.3 Å². The molecule has 33 heavy (non-hydrogen) atoms. The lowest BCUT2D eigenvalue weighted by Gasteiger charge is -2.49. The van der Waals surface area contributed by atoms with Gasteiger partial charge in [-0.3, -0.25) is 9.69 Å². The Morgan fingerprint density at radius 1 is 1.15 bits per heavy atom. The normalized spacial score (nSPS) is 21.8. The Labute approximate surface area is 202 Å². The zero-order chi connectivity index (χ0) is 22.8. The summed E-state index contributed by atoms with van der Waals surface area (Å²) < 4.78 is 46.5. The summed E-state index contributed by atoms with van der Waals surface area (Å²) in [4.78, 5) is 15.2. The molecule has 3 fully saturated rings. The Balaban J connectivity index is 0.00000306. The van der Waals surface area contributed by atoms with Crippen LogP contribution in [0.3, 0.4) is 0 Å². The fourth-order valence-corrected chi connectivity index (χ4v) is 7.03. The first kappa shape index (κ1) is 26.2. The summed E-state index contributed by atoms with van der Waals surface area (Å²) >= 11 is 0. The number of carbonyl (C=O) groups excluding carboxylic acids is 1. The number of hydrogen-bond donors (Lipinski definition) is 1. The molecule has 0 aromatic heterocycles. The second kappa shape index (κ2) is 10.9. The average Bonchev–Trinajstić information content (AvgIpc) is 3.61. The lowest BCUT2D eigenvalue weighted by Crippen LogP contribution is -2.62. The third kappa shape index (κ3) is 5.99. The third-order valence-electron chi connectivity index (χ3n) is 7.23. The van der Waals surface area contributed by atoms with Crippen LogP contribution in [0.2, 0.25) is 0 Å². The molecular formula is C23H35ClFN3O4S. The number of methoxy groups -OCH3 is 1. The van der Waals surface area contributed by atoms with Crippen molar-refractivity contribution < 1.29 is 22.3 Å². The summed E-state index contributed by atoms with van der Waals surface area (Å²) in [5.41, 5.74) is -0.296. The Hall–Kier alpha value is -1.42. The third-order valence-corrected chi connectivity index (χ3v) is 9.28. The Kier molecular flexibility index (Phi) is 8.64. The highest BCUT2D eigenvalue weighted by atomic mass is 35.5. The molecule has 2 aliphatic carbocycles. The zero-order valence-corrected chi connectivity index (χ0v) is 20.9. The topological polar surface area (TPSA) is 79.0 Å². The second-order valence-electron chi connectivity index (χ2n) is 9.39. The van der Waals surface area contributed by atoms with E-state index in [0.717, 1.165) is 44.9 Å². The zero-order valence-electron chi connectivity index (χ0n) is 19.2. The van der Waals surface area contributed by atoms with Gasteiger partial charge in [0.05, 0.1) is 12.9 Å². The van der Waals surface area contributed by atoms with Gasteiger partial charge in [0.15, 0.2) is 0 Å². The van der Waals surface area contributed by atoms with E-state index < -0.39 is 21.7 Å². The maximum absolute atomic E-state index is 14.3. The van der Waals surface area contributed by atoms with E-state index in [2.05, 4.69) is 10.2 Å². The number of nitrogens with zero attached hydrogens (tertiary/aromatic N) is 2. The van der Waals surface area contributed by atoms with Crippen molar-refractivity contribution in [1.82, 2.24) is 14.5 Å². The molecule has 0 spiro atoms. The van der Waals surface area contributed by atoms with Crippen LogP contribution in [-0.4, -0.2) is 74.7 Å². The van der Waals surface area contributed by atoms with Crippen molar-refractivity contribution in [1.29, 1.82) is 0 Å². The van der Waals surface area contributed by atoms with Crippen molar-refractivity contribution in [2.24, 2.45) is 5.92 Å². The van der Waals surface area contributed by atoms with Crippen LogP contribution < -0.4 is 10.1 Å². The summed E-state index contributed by atoms with van der Waals surface area (Å²) in [5, 5.41) is 2.97. The molecule has 1 aromatic rings. The molecule has 0 bridgehead atoms. The van der Waals surface area contributed by atoms with E-state index in [1.54, 1.807) is 10.4 Å². The summed E-state index contributed by atoms with van der Waals surface area (Å²) in [6.45, 7) is 2.71. The molecule has 186 valence electrons. The molecule has 1 N–H and O–H groups in total. The molecular weight excluding hydrogens is 469 g/mol. The van der Waals surface area contributed by atoms with Crippen molar-refractivity contribution in [3.8, 4) is 5.75 Å². The molecule has 1 aromatic carbocycles. The summed E-state index contributed by atoms with van der Waals surface area (Å²) in [5.74, 6) is -0.244. The number of hydrogen-bond acceptors (Lipinski definition) is 5. The number of halogens is 2. The standard InChI is InChI=1S/C23H34FN3O4S.ClH/c1-31-20-7-5-6-19(24)21(20)22(28)25-17-23(10-3-2-4-11-23)26-12-14-27(15-13-26)32(29,30)16-18-8-9-18;/h5-7,18H,2-4,8-17H2,1H3,(H,25,28);1H. The number of rotatable bonds is 8. The number of ether oxygens (including phenoxy) is 1. The van der Waals surface area contributed by atoms with E-state index in [-0.39, 0.29) is 35.0 Å². The quantitative estimate of drug-likeness (QED) is 0.590. The maximum atomic E-state index is 14.3. The Morgan fingerprint density at radius 2 is 1.82 bits per heavy atom. The first-order valence-electron chi connectivity index (χ1n) is 11.7. The fraction of sp³-hybridized carbons (Fsp3) is 0.696.